The topological polar surface area (TPSA) is 17.1 Å². The average Bonchev–Trinajstić information content (AvgIpc) is 1.99. The third kappa shape index (κ3) is 2.81. The summed E-state index contributed by atoms with van der Waals surface area (Å²) in [7, 11) is 0. The first-order valence-electron chi connectivity index (χ1n) is 4.59. The van der Waals surface area contributed by atoms with Crippen LogP contribution in [0.25, 0.3) is 0 Å². The summed E-state index contributed by atoms with van der Waals surface area (Å²) < 4.78 is 38.8. The van der Waals surface area contributed by atoms with Crippen LogP contribution >= 0.6 is 0 Å². The summed E-state index contributed by atoms with van der Waals surface area (Å²) in [4.78, 5) is 11.4. The summed E-state index contributed by atoms with van der Waals surface area (Å²) in [6.45, 7) is 3.52. The van der Waals surface area contributed by atoms with Crippen LogP contribution in [0.2, 0.25) is 0 Å². The molecule has 0 N–H and O–H groups in total. The van der Waals surface area contributed by atoms with Crippen molar-refractivity contribution in [3.05, 3.63) is 35.1 Å². The fraction of sp³-hybridized carbons (Fsp3) is 0.364. The number of carbonyl (C=O) groups excluding carboxylic acids is 1. The van der Waals surface area contributed by atoms with Crippen molar-refractivity contribution >= 4 is 5.78 Å². The van der Waals surface area contributed by atoms with Gasteiger partial charge < -0.3 is 0 Å². The highest BCUT2D eigenvalue weighted by atomic mass is 19.1. The molecule has 0 atom stereocenters. The van der Waals surface area contributed by atoms with Crippen molar-refractivity contribution in [1.29, 1.82) is 0 Å². The van der Waals surface area contributed by atoms with Gasteiger partial charge in [-0.25, -0.2) is 13.2 Å². The molecule has 0 saturated carbocycles. The SMILES string of the molecule is CC(C)CC(=O)c1c(F)cc(F)cc1F. The van der Waals surface area contributed by atoms with E-state index < -0.39 is 28.8 Å². The zero-order valence-electron chi connectivity index (χ0n) is 8.48. The molecule has 0 aromatic heterocycles. The molecule has 0 heterocycles. The lowest BCUT2D eigenvalue weighted by Crippen LogP contribution is -2.09. The number of halogens is 3. The minimum Gasteiger partial charge on any atom is -0.294 e. The molecular weight excluding hydrogens is 205 g/mol. The fourth-order valence-corrected chi connectivity index (χ4v) is 1.28. The van der Waals surface area contributed by atoms with Crippen LogP contribution in [0.4, 0.5) is 13.2 Å². The van der Waals surface area contributed by atoms with Crippen LogP contribution < -0.4 is 0 Å². The first-order chi connectivity index (χ1) is 6.91. The summed E-state index contributed by atoms with van der Waals surface area (Å²) in [5, 5.41) is 0. The van der Waals surface area contributed by atoms with E-state index >= 15 is 0 Å². The van der Waals surface area contributed by atoms with E-state index in [9.17, 15) is 18.0 Å². The van der Waals surface area contributed by atoms with Gasteiger partial charge >= 0.3 is 0 Å². The van der Waals surface area contributed by atoms with Gasteiger partial charge in [-0.05, 0) is 5.92 Å². The molecule has 15 heavy (non-hydrogen) atoms. The lowest BCUT2D eigenvalue weighted by atomic mass is 10.0. The highest BCUT2D eigenvalue weighted by Crippen LogP contribution is 2.18. The standard InChI is InChI=1S/C11H11F3O/c1-6(2)3-10(15)11-8(13)4-7(12)5-9(11)14/h4-6H,3H2,1-2H3. The van der Waals surface area contributed by atoms with Crippen molar-refractivity contribution in [2.75, 3.05) is 0 Å². The lowest BCUT2D eigenvalue weighted by Gasteiger charge is -2.06. The summed E-state index contributed by atoms with van der Waals surface area (Å²) in [6.07, 6.45) is 0.0411. The van der Waals surface area contributed by atoms with E-state index in [-0.39, 0.29) is 12.3 Å². The molecule has 1 rings (SSSR count). The van der Waals surface area contributed by atoms with Gasteiger partial charge in [0.1, 0.15) is 17.5 Å². The minimum atomic E-state index is -1.14. The summed E-state index contributed by atoms with van der Waals surface area (Å²) in [6, 6.07) is 1.02. The van der Waals surface area contributed by atoms with E-state index in [1.807, 2.05) is 0 Å². The smallest absolute Gasteiger partial charge is 0.169 e. The molecule has 4 heteroatoms. The van der Waals surface area contributed by atoms with Crippen molar-refractivity contribution in [1.82, 2.24) is 0 Å². The number of hydrogen-bond acceptors (Lipinski definition) is 1. The van der Waals surface area contributed by atoms with Gasteiger partial charge in [0.15, 0.2) is 5.78 Å². The maximum absolute atomic E-state index is 13.1. The Kier molecular flexibility index (Phi) is 3.50. The van der Waals surface area contributed by atoms with Gasteiger partial charge in [-0.1, -0.05) is 13.8 Å². The third-order valence-corrected chi connectivity index (χ3v) is 1.88. The number of carbonyl (C=O) groups is 1. The molecule has 0 aliphatic rings. The van der Waals surface area contributed by atoms with Gasteiger partial charge in [0.2, 0.25) is 0 Å². The largest absolute Gasteiger partial charge is 0.294 e. The first kappa shape index (κ1) is 11.8. The molecule has 82 valence electrons. The second-order valence-corrected chi connectivity index (χ2v) is 3.77. The van der Waals surface area contributed by atoms with Gasteiger partial charge in [-0.15, -0.1) is 0 Å². The van der Waals surface area contributed by atoms with E-state index in [4.69, 9.17) is 0 Å². The quantitative estimate of drug-likeness (QED) is 0.708. The number of rotatable bonds is 3. The Morgan fingerprint density at radius 3 is 2.07 bits per heavy atom. The second-order valence-electron chi connectivity index (χ2n) is 3.77. The second kappa shape index (κ2) is 4.47. The van der Waals surface area contributed by atoms with Gasteiger partial charge in [0, 0.05) is 18.6 Å². The number of ketones is 1. The Labute approximate surface area is 85.9 Å². The molecule has 0 amide bonds. The van der Waals surface area contributed by atoms with Crippen molar-refractivity contribution < 1.29 is 18.0 Å². The molecule has 0 aliphatic carbocycles. The summed E-state index contributed by atoms with van der Waals surface area (Å²) >= 11 is 0. The first-order valence-corrected chi connectivity index (χ1v) is 4.59. The molecule has 0 bridgehead atoms. The monoisotopic (exact) mass is 216 g/mol. The van der Waals surface area contributed by atoms with E-state index in [0.717, 1.165) is 0 Å². The molecule has 1 aromatic carbocycles. The van der Waals surface area contributed by atoms with Crippen molar-refractivity contribution in [3.8, 4) is 0 Å². The van der Waals surface area contributed by atoms with Crippen LogP contribution in [0.3, 0.4) is 0 Å². The van der Waals surface area contributed by atoms with Crippen LogP contribution in [0.15, 0.2) is 12.1 Å². The van der Waals surface area contributed by atoms with E-state index in [1.165, 1.54) is 0 Å². The van der Waals surface area contributed by atoms with Crippen LogP contribution in [-0.4, -0.2) is 5.78 Å². The molecule has 0 unspecified atom stereocenters. The third-order valence-electron chi connectivity index (χ3n) is 1.88. The van der Waals surface area contributed by atoms with E-state index in [2.05, 4.69) is 0 Å². The average molecular weight is 216 g/mol. The van der Waals surface area contributed by atoms with Crippen molar-refractivity contribution in [3.63, 3.8) is 0 Å². The normalized spacial score (nSPS) is 10.8. The Bertz CT molecular complexity index is 362. The Morgan fingerprint density at radius 1 is 1.20 bits per heavy atom. The number of hydrogen-bond donors (Lipinski definition) is 0. The predicted molar refractivity (Wildman–Crippen MR) is 50.1 cm³/mol. The summed E-state index contributed by atoms with van der Waals surface area (Å²) in [5.41, 5.74) is -0.648. The van der Waals surface area contributed by atoms with Gasteiger partial charge in [0.05, 0.1) is 5.56 Å². The maximum Gasteiger partial charge on any atom is 0.169 e. The van der Waals surface area contributed by atoms with E-state index in [1.54, 1.807) is 13.8 Å². The highest BCUT2D eigenvalue weighted by Gasteiger charge is 2.19. The Balaban J connectivity index is 3.09. The highest BCUT2D eigenvalue weighted by molar-refractivity contribution is 5.96. The van der Waals surface area contributed by atoms with Crippen molar-refractivity contribution in [2.45, 2.75) is 20.3 Å². The lowest BCUT2D eigenvalue weighted by molar-refractivity contribution is 0.0959. The van der Waals surface area contributed by atoms with Crippen LogP contribution in [0.1, 0.15) is 30.6 Å². The molecule has 0 spiro atoms. The van der Waals surface area contributed by atoms with Gasteiger partial charge in [-0.3, -0.25) is 4.79 Å². The number of benzene rings is 1. The Morgan fingerprint density at radius 2 is 1.67 bits per heavy atom. The molecular formula is C11H11F3O. The molecule has 0 radical (unpaired) electrons. The summed E-state index contributed by atoms with van der Waals surface area (Å²) in [5.74, 6) is -3.94. The number of Topliss-reactive ketones (excluding diaryl/α,β-unsaturated/α-hetero) is 1. The minimum absolute atomic E-state index is 0.00125. The Hall–Kier alpha value is -1.32. The zero-order valence-corrected chi connectivity index (χ0v) is 8.48. The van der Waals surface area contributed by atoms with Crippen molar-refractivity contribution in [2.24, 2.45) is 5.92 Å². The fourth-order valence-electron chi connectivity index (χ4n) is 1.28. The van der Waals surface area contributed by atoms with Crippen LogP contribution in [-0.2, 0) is 0 Å². The van der Waals surface area contributed by atoms with E-state index in [0.29, 0.717) is 12.1 Å². The molecule has 0 saturated heterocycles. The van der Waals surface area contributed by atoms with Crippen LogP contribution in [0, 0.1) is 23.4 Å². The molecule has 1 aromatic rings. The van der Waals surface area contributed by atoms with Crippen LogP contribution in [0.5, 0.6) is 0 Å². The van der Waals surface area contributed by atoms with Gasteiger partial charge in [-0.2, -0.15) is 0 Å². The van der Waals surface area contributed by atoms with Gasteiger partial charge in [0.25, 0.3) is 0 Å². The predicted octanol–water partition coefficient (Wildman–Crippen LogP) is 3.33. The molecule has 1 nitrogen and oxygen atoms in total. The maximum atomic E-state index is 13.1. The molecule has 0 fully saturated rings. The zero-order chi connectivity index (χ0) is 11.6. The molecule has 0 aliphatic heterocycles.